The van der Waals surface area contributed by atoms with Gasteiger partial charge in [0.15, 0.2) is 0 Å². The number of hydrogen-bond acceptors (Lipinski definition) is 4. The van der Waals surface area contributed by atoms with Gasteiger partial charge in [-0.3, -0.25) is 9.59 Å². The van der Waals surface area contributed by atoms with Crippen LogP contribution >= 0.6 is 11.3 Å². The van der Waals surface area contributed by atoms with E-state index in [1.165, 1.54) is 0 Å². The molecule has 1 fully saturated rings. The SMILES string of the molecule is Cc1csc(C(C)N2CCC(=O)NC(CC(C)C)C2=O)n1. The minimum absolute atomic E-state index is 0.00917. The van der Waals surface area contributed by atoms with Crippen LogP contribution in [0.1, 0.15) is 50.4 Å². The van der Waals surface area contributed by atoms with Gasteiger partial charge in [0.25, 0.3) is 0 Å². The molecule has 1 N–H and O–H groups in total. The van der Waals surface area contributed by atoms with Crippen LogP contribution in [0, 0.1) is 12.8 Å². The van der Waals surface area contributed by atoms with Crippen molar-refractivity contribution in [3.05, 3.63) is 16.1 Å². The maximum absolute atomic E-state index is 12.7. The predicted molar refractivity (Wildman–Crippen MR) is 83.0 cm³/mol. The summed E-state index contributed by atoms with van der Waals surface area (Å²) < 4.78 is 0. The quantitative estimate of drug-likeness (QED) is 0.928. The summed E-state index contributed by atoms with van der Waals surface area (Å²) in [5, 5.41) is 5.77. The Morgan fingerprint density at radius 3 is 2.71 bits per heavy atom. The van der Waals surface area contributed by atoms with Gasteiger partial charge in [0.2, 0.25) is 11.8 Å². The van der Waals surface area contributed by atoms with Gasteiger partial charge in [0.1, 0.15) is 11.0 Å². The number of nitrogens with zero attached hydrogens (tertiary/aromatic N) is 2. The lowest BCUT2D eigenvalue weighted by Gasteiger charge is -2.29. The average molecular weight is 309 g/mol. The molecule has 0 radical (unpaired) electrons. The van der Waals surface area contributed by atoms with Crippen molar-refractivity contribution < 1.29 is 9.59 Å². The Morgan fingerprint density at radius 2 is 2.14 bits per heavy atom. The van der Waals surface area contributed by atoms with Crippen molar-refractivity contribution in [2.45, 2.75) is 52.6 Å². The van der Waals surface area contributed by atoms with E-state index in [2.05, 4.69) is 24.1 Å². The highest BCUT2D eigenvalue weighted by Crippen LogP contribution is 2.26. The molecule has 2 heterocycles. The lowest BCUT2D eigenvalue weighted by Crippen LogP contribution is -2.46. The van der Waals surface area contributed by atoms with E-state index in [0.29, 0.717) is 25.3 Å². The van der Waals surface area contributed by atoms with Gasteiger partial charge < -0.3 is 10.2 Å². The minimum Gasteiger partial charge on any atom is -0.344 e. The first-order valence-corrected chi connectivity index (χ1v) is 8.28. The van der Waals surface area contributed by atoms with E-state index < -0.39 is 6.04 Å². The van der Waals surface area contributed by atoms with Gasteiger partial charge in [-0.25, -0.2) is 4.98 Å². The summed E-state index contributed by atoms with van der Waals surface area (Å²) in [4.78, 5) is 30.8. The highest BCUT2D eigenvalue weighted by atomic mass is 32.1. The Labute approximate surface area is 129 Å². The Bertz CT molecular complexity index is 527. The van der Waals surface area contributed by atoms with E-state index in [-0.39, 0.29) is 17.9 Å². The lowest BCUT2D eigenvalue weighted by molar-refractivity contribution is -0.135. The van der Waals surface area contributed by atoms with E-state index in [1.807, 2.05) is 19.2 Å². The Balaban J connectivity index is 2.20. The summed E-state index contributed by atoms with van der Waals surface area (Å²) >= 11 is 1.57. The maximum Gasteiger partial charge on any atom is 0.245 e. The normalized spacial score (nSPS) is 21.4. The molecule has 6 heteroatoms. The van der Waals surface area contributed by atoms with Crippen molar-refractivity contribution in [1.82, 2.24) is 15.2 Å². The smallest absolute Gasteiger partial charge is 0.245 e. The first kappa shape index (κ1) is 15.9. The molecule has 2 rings (SSSR count). The van der Waals surface area contributed by atoms with Crippen LogP contribution < -0.4 is 5.32 Å². The Morgan fingerprint density at radius 1 is 1.43 bits per heavy atom. The molecule has 0 spiro atoms. The lowest BCUT2D eigenvalue weighted by atomic mass is 10.0. The summed E-state index contributed by atoms with van der Waals surface area (Å²) in [6, 6.07) is -0.498. The van der Waals surface area contributed by atoms with Crippen LogP contribution in [-0.4, -0.2) is 34.3 Å². The van der Waals surface area contributed by atoms with Crippen LogP contribution in [0.2, 0.25) is 0 Å². The van der Waals surface area contributed by atoms with E-state index >= 15 is 0 Å². The third-order valence-corrected chi connectivity index (χ3v) is 4.80. The Kier molecular flexibility index (Phi) is 4.98. The summed E-state index contributed by atoms with van der Waals surface area (Å²) in [5.41, 5.74) is 0.969. The number of nitrogens with one attached hydrogen (secondary N) is 1. The molecular weight excluding hydrogens is 286 g/mol. The molecule has 1 aromatic rings. The van der Waals surface area contributed by atoms with Crippen molar-refractivity contribution in [1.29, 1.82) is 0 Å². The molecule has 5 nitrogen and oxygen atoms in total. The zero-order valence-electron chi connectivity index (χ0n) is 13.0. The van der Waals surface area contributed by atoms with E-state index in [1.54, 1.807) is 16.2 Å². The van der Waals surface area contributed by atoms with Crippen molar-refractivity contribution in [2.75, 3.05) is 6.54 Å². The van der Waals surface area contributed by atoms with Gasteiger partial charge in [-0.05, 0) is 26.2 Å². The largest absolute Gasteiger partial charge is 0.344 e. The molecular formula is C15H23N3O2S. The fourth-order valence-electron chi connectivity index (χ4n) is 2.57. The molecule has 21 heavy (non-hydrogen) atoms. The molecule has 1 aliphatic heterocycles. The van der Waals surface area contributed by atoms with E-state index in [0.717, 1.165) is 10.7 Å². The van der Waals surface area contributed by atoms with Gasteiger partial charge in [0, 0.05) is 24.0 Å². The molecule has 1 saturated heterocycles. The summed E-state index contributed by atoms with van der Waals surface area (Å²) in [6.07, 6.45) is 1.03. The molecule has 2 atom stereocenters. The molecule has 116 valence electrons. The molecule has 2 amide bonds. The van der Waals surface area contributed by atoms with Crippen LogP contribution in [0.3, 0.4) is 0 Å². The highest BCUT2D eigenvalue weighted by molar-refractivity contribution is 7.09. The van der Waals surface area contributed by atoms with Crippen molar-refractivity contribution in [3.8, 4) is 0 Å². The second kappa shape index (κ2) is 6.56. The number of hydrogen-bond donors (Lipinski definition) is 1. The van der Waals surface area contributed by atoms with Crippen molar-refractivity contribution >= 4 is 23.2 Å². The van der Waals surface area contributed by atoms with Gasteiger partial charge in [0.05, 0.1) is 6.04 Å². The minimum atomic E-state index is -0.413. The fourth-order valence-corrected chi connectivity index (χ4v) is 3.44. The number of carbonyl (C=O) groups excluding carboxylic acids is 2. The zero-order chi connectivity index (χ0) is 15.6. The van der Waals surface area contributed by atoms with Gasteiger partial charge in [-0.2, -0.15) is 0 Å². The van der Waals surface area contributed by atoms with Crippen LogP contribution in [-0.2, 0) is 9.59 Å². The number of thiazole rings is 1. The number of amides is 2. The van der Waals surface area contributed by atoms with Crippen molar-refractivity contribution in [2.24, 2.45) is 5.92 Å². The highest BCUT2D eigenvalue weighted by Gasteiger charge is 2.33. The molecule has 0 aromatic carbocycles. The molecule has 0 bridgehead atoms. The number of aromatic nitrogens is 1. The van der Waals surface area contributed by atoms with Crippen LogP contribution in [0.5, 0.6) is 0 Å². The first-order valence-electron chi connectivity index (χ1n) is 7.40. The Hall–Kier alpha value is -1.43. The fraction of sp³-hybridized carbons (Fsp3) is 0.667. The predicted octanol–water partition coefficient (Wildman–Crippen LogP) is 2.28. The zero-order valence-corrected chi connectivity index (χ0v) is 13.9. The maximum atomic E-state index is 12.7. The number of rotatable bonds is 4. The van der Waals surface area contributed by atoms with Gasteiger partial charge >= 0.3 is 0 Å². The summed E-state index contributed by atoms with van der Waals surface area (Å²) in [5.74, 6) is 0.325. The molecule has 0 saturated carbocycles. The van der Waals surface area contributed by atoms with Gasteiger partial charge in [-0.15, -0.1) is 11.3 Å². The van der Waals surface area contributed by atoms with Crippen molar-refractivity contribution in [3.63, 3.8) is 0 Å². The van der Waals surface area contributed by atoms with Crippen LogP contribution in [0.25, 0.3) is 0 Å². The van der Waals surface area contributed by atoms with Gasteiger partial charge in [-0.1, -0.05) is 13.8 Å². The number of aryl methyl sites for hydroxylation is 1. The van der Waals surface area contributed by atoms with Crippen LogP contribution in [0.15, 0.2) is 5.38 Å². The second-order valence-corrected chi connectivity index (χ2v) is 6.92. The topological polar surface area (TPSA) is 62.3 Å². The second-order valence-electron chi connectivity index (χ2n) is 6.03. The summed E-state index contributed by atoms with van der Waals surface area (Å²) in [7, 11) is 0. The third-order valence-electron chi connectivity index (χ3n) is 3.66. The average Bonchev–Trinajstić information content (AvgIpc) is 2.78. The number of carbonyl (C=O) groups is 2. The monoisotopic (exact) mass is 309 g/mol. The van der Waals surface area contributed by atoms with Crippen LogP contribution in [0.4, 0.5) is 0 Å². The molecule has 1 aromatic heterocycles. The third kappa shape index (κ3) is 3.81. The molecule has 2 unspecified atom stereocenters. The standard InChI is InChI=1S/C15H23N3O2S/c1-9(2)7-12-15(20)18(6-5-13(19)17-12)11(4)14-16-10(3)8-21-14/h8-9,11-12H,5-7H2,1-4H3,(H,17,19). The summed E-state index contributed by atoms with van der Waals surface area (Å²) in [6.45, 7) is 8.51. The van der Waals surface area contributed by atoms with E-state index in [9.17, 15) is 9.59 Å². The van der Waals surface area contributed by atoms with E-state index in [4.69, 9.17) is 0 Å². The molecule has 1 aliphatic rings. The first-order chi connectivity index (χ1) is 9.88. The molecule has 0 aliphatic carbocycles.